The van der Waals surface area contributed by atoms with Gasteiger partial charge in [0.15, 0.2) is 0 Å². The number of imidazole rings is 1. The van der Waals surface area contributed by atoms with Crippen LogP contribution < -0.4 is 9.30 Å². The van der Waals surface area contributed by atoms with E-state index in [4.69, 9.17) is 9.72 Å². The van der Waals surface area contributed by atoms with Gasteiger partial charge in [-0.05, 0) is 99.8 Å². The molecule has 0 unspecified atom stereocenters. The molecule has 0 bridgehead atoms. The second-order valence-electron chi connectivity index (χ2n) is 16.4. The lowest BCUT2D eigenvalue weighted by Crippen LogP contribution is -2.30. The summed E-state index contributed by atoms with van der Waals surface area (Å²) in [6.45, 7) is 13.5. The van der Waals surface area contributed by atoms with E-state index >= 15 is 0 Å². The molecule has 9 aromatic rings. The van der Waals surface area contributed by atoms with Gasteiger partial charge in [-0.3, -0.25) is 13.7 Å². The molecule has 0 amide bonds. The number of fused-ring (bicyclic) bond motifs is 4. The molecule has 0 N–H and O–H groups in total. The van der Waals surface area contributed by atoms with Crippen LogP contribution in [0.2, 0.25) is 0 Å². The second kappa shape index (κ2) is 13.1. The molecule has 0 spiro atoms. The van der Waals surface area contributed by atoms with Gasteiger partial charge in [-0.1, -0.05) is 120 Å². The standard InChI is InChI=1S/C50H44N4O/c1-49(2,3)36-16-12-17-38(29-36)52-33-53(46-21-11-10-20-45(46)52)39-18-13-19-40(31-39)55-41-23-24-42-43-28-35(34-14-8-7-9-15-34)22-25-44(43)54(47(42)32-41)48-30-37(26-27-51-48)50(4,5)6/h7-32H,1-6H3. The number of aromatic nitrogens is 4. The van der Waals surface area contributed by atoms with Gasteiger partial charge in [-0.15, -0.1) is 0 Å². The molecule has 270 valence electrons. The van der Waals surface area contributed by atoms with E-state index in [1.165, 1.54) is 27.6 Å². The van der Waals surface area contributed by atoms with Crippen LogP contribution in [-0.2, 0) is 10.8 Å². The van der Waals surface area contributed by atoms with Gasteiger partial charge < -0.3 is 4.74 Å². The fraction of sp³-hybridized carbons (Fsp3) is 0.160. The Morgan fingerprint density at radius 1 is 0.545 bits per heavy atom. The Morgan fingerprint density at radius 3 is 2.11 bits per heavy atom. The summed E-state index contributed by atoms with van der Waals surface area (Å²) in [5.41, 5.74) is 11.2. The first-order valence-corrected chi connectivity index (χ1v) is 19.0. The van der Waals surface area contributed by atoms with Crippen molar-refractivity contribution in [2.24, 2.45) is 0 Å². The minimum atomic E-state index is -0.0194. The van der Waals surface area contributed by atoms with Crippen molar-refractivity contribution in [2.45, 2.75) is 52.4 Å². The van der Waals surface area contributed by atoms with Crippen molar-refractivity contribution in [2.75, 3.05) is 0 Å². The largest absolute Gasteiger partial charge is 0.458 e. The second-order valence-corrected chi connectivity index (χ2v) is 16.4. The maximum atomic E-state index is 6.70. The number of rotatable bonds is 6. The van der Waals surface area contributed by atoms with E-state index < -0.39 is 0 Å². The zero-order valence-electron chi connectivity index (χ0n) is 32.2. The lowest BCUT2D eigenvalue weighted by atomic mass is 9.87. The van der Waals surface area contributed by atoms with E-state index in [9.17, 15) is 0 Å². The molecule has 0 atom stereocenters. The zero-order valence-corrected chi connectivity index (χ0v) is 32.2. The van der Waals surface area contributed by atoms with Crippen LogP contribution in [-0.4, -0.2) is 14.1 Å². The molecule has 5 nitrogen and oxygen atoms in total. The van der Waals surface area contributed by atoms with Crippen molar-refractivity contribution in [3.8, 4) is 39.8 Å². The minimum absolute atomic E-state index is 0.0194. The summed E-state index contributed by atoms with van der Waals surface area (Å²) in [6, 6.07) is 53.4. The first kappa shape index (κ1) is 34.3. The lowest BCUT2D eigenvalue weighted by molar-refractivity contribution is -0.572. The highest BCUT2D eigenvalue weighted by Crippen LogP contribution is 2.38. The number of hydrogen-bond donors (Lipinski definition) is 0. The molecule has 0 fully saturated rings. The van der Waals surface area contributed by atoms with Crippen molar-refractivity contribution in [3.05, 3.63) is 175 Å². The molecule has 6 aromatic carbocycles. The third-order valence-electron chi connectivity index (χ3n) is 10.5. The maximum absolute atomic E-state index is 6.70. The van der Waals surface area contributed by atoms with Crippen molar-refractivity contribution < 1.29 is 9.30 Å². The Balaban J connectivity index is 1.14. The summed E-state index contributed by atoms with van der Waals surface area (Å²) < 4.78 is 13.2. The van der Waals surface area contributed by atoms with E-state index in [0.717, 1.165) is 56.1 Å². The highest BCUT2D eigenvalue weighted by molar-refractivity contribution is 6.10. The normalized spacial score (nSPS) is 12.2. The summed E-state index contributed by atoms with van der Waals surface area (Å²) in [7, 11) is 0. The summed E-state index contributed by atoms with van der Waals surface area (Å²) in [5, 5.41) is 2.31. The van der Waals surface area contributed by atoms with Crippen LogP contribution >= 0.6 is 0 Å². The predicted molar refractivity (Wildman–Crippen MR) is 225 cm³/mol. The monoisotopic (exact) mass is 716 g/mol. The van der Waals surface area contributed by atoms with Gasteiger partial charge in [-0.2, -0.15) is 0 Å². The third-order valence-corrected chi connectivity index (χ3v) is 10.5. The Bertz CT molecular complexity index is 2870. The average molecular weight is 717 g/mol. The van der Waals surface area contributed by atoms with E-state index in [-0.39, 0.29) is 10.8 Å². The number of ether oxygens (including phenoxy) is 1. The van der Waals surface area contributed by atoms with Gasteiger partial charge in [0.25, 0.3) is 6.33 Å². The number of nitrogens with zero attached hydrogens (tertiary/aromatic N) is 4. The zero-order chi connectivity index (χ0) is 37.9. The third kappa shape index (κ3) is 6.36. The van der Waals surface area contributed by atoms with E-state index in [0.29, 0.717) is 0 Å². The Kier molecular flexibility index (Phi) is 8.20. The van der Waals surface area contributed by atoms with Crippen LogP contribution in [0.5, 0.6) is 11.5 Å². The van der Waals surface area contributed by atoms with Gasteiger partial charge in [-0.25, -0.2) is 4.98 Å². The summed E-state index contributed by atoms with van der Waals surface area (Å²) in [6.07, 6.45) is 5.58. The Morgan fingerprint density at radius 2 is 1.29 bits per heavy atom. The van der Waals surface area contributed by atoms with Crippen LogP contribution in [0.4, 0.5) is 0 Å². The molecule has 0 saturated heterocycles. The first-order valence-electron chi connectivity index (χ1n) is 19.0. The predicted octanol–water partition coefficient (Wildman–Crippen LogP) is 12.3. The summed E-state index contributed by atoms with van der Waals surface area (Å²) in [5.74, 6) is 2.38. The molecule has 3 heterocycles. The van der Waals surface area contributed by atoms with E-state index in [2.05, 4.69) is 201 Å². The average Bonchev–Trinajstić information content (AvgIpc) is 3.74. The van der Waals surface area contributed by atoms with Crippen molar-refractivity contribution >= 4 is 32.8 Å². The number of para-hydroxylation sites is 2. The Hall–Kier alpha value is -6.46. The molecule has 5 heteroatoms. The number of pyridine rings is 1. The molecule has 0 aliphatic rings. The van der Waals surface area contributed by atoms with Gasteiger partial charge in [0.05, 0.1) is 33.4 Å². The molecular weight excluding hydrogens is 673 g/mol. The molecule has 0 radical (unpaired) electrons. The van der Waals surface area contributed by atoms with Crippen molar-refractivity contribution in [3.63, 3.8) is 0 Å². The molecular formula is C50H44N4O. The van der Waals surface area contributed by atoms with Gasteiger partial charge >= 0.3 is 0 Å². The first-order chi connectivity index (χ1) is 26.5. The summed E-state index contributed by atoms with van der Waals surface area (Å²) >= 11 is 0. The summed E-state index contributed by atoms with van der Waals surface area (Å²) in [4.78, 5) is 4.91. The number of hydrogen-bond acceptors (Lipinski definition) is 2. The van der Waals surface area contributed by atoms with Crippen LogP contribution in [0.1, 0.15) is 52.7 Å². The highest BCUT2D eigenvalue weighted by Gasteiger charge is 2.20. The fourth-order valence-corrected chi connectivity index (χ4v) is 7.51. The smallest absolute Gasteiger partial charge is 0.269 e. The highest BCUT2D eigenvalue weighted by atomic mass is 16.5. The molecule has 3 aromatic heterocycles. The van der Waals surface area contributed by atoms with Crippen LogP contribution in [0.15, 0.2) is 158 Å². The van der Waals surface area contributed by atoms with Crippen molar-refractivity contribution in [1.82, 2.24) is 14.1 Å². The van der Waals surface area contributed by atoms with Gasteiger partial charge in [0.1, 0.15) is 17.3 Å². The molecule has 0 aliphatic heterocycles. The number of benzene rings is 6. The lowest BCUT2D eigenvalue weighted by Gasteiger charge is -2.20. The fourth-order valence-electron chi connectivity index (χ4n) is 7.51. The van der Waals surface area contributed by atoms with E-state index in [1.54, 1.807) is 0 Å². The molecule has 0 aliphatic carbocycles. The Labute approximate surface area is 322 Å². The van der Waals surface area contributed by atoms with Crippen LogP contribution in [0, 0.1) is 6.33 Å². The molecule has 55 heavy (non-hydrogen) atoms. The molecule has 0 saturated carbocycles. The SMILES string of the molecule is CC(C)(C)c1cccc(-[n+]2[c-]n(-c3cccc(Oc4ccc5c6cc(-c7ccccc7)ccc6n(-c6cc(C(C)(C)C)ccn6)c5c4)c3)c3ccccc32)c1. The van der Waals surface area contributed by atoms with Crippen molar-refractivity contribution in [1.29, 1.82) is 0 Å². The van der Waals surface area contributed by atoms with Gasteiger partial charge in [0.2, 0.25) is 0 Å². The minimum Gasteiger partial charge on any atom is -0.458 e. The topological polar surface area (TPSA) is 35.9 Å². The quantitative estimate of drug-likeness (QED) is 0.127. The maximum Gasteiger partial charge on any atom is 0.269 e. The van der Waals surface area contributed by atoms with Gasteiger partial charge in [0, 0.05) is 23.0 Å². The van der Waals surface area contributed by atoms with Crippen LogP contribution in [0.25, 0.3) is 61.2 Å². The van der Waals surface area contributed by atoms with Crippen LogP contribution in [0.3, 0.4) is 0 Å². The molecule has 9 rings (SSSR count). The van der Waals surface area contributed by atoms with E-state index in [1.807, 2.05) is 18.3 Å².